The van der Waals surface area contributed by atoms with Crippen molar-refractivity contribution in [2.24, 2.45) is 0 Å². The Bertz CT molecular complexity index is 648. The van der Waals surface area contributed by atoms with Crippen LogP contribution in [0.4, 0.5) is 14.5 Å². The topological polar surface area (TPSA) is 21.3 Å². The fourth-order valence-corrected chi connectivity index (χ4v) is 2.62. The number of anilines is 1. The van der Waals surface area contributed by atoms with Gasteiger partial charge in [-0.25, -0.2) is 8.78 Å². The van der Waals surface area contributed by atoms with E-state index in [1.54, 1.807) is 18.2 Å². The van der Waals surface area contributed by atoms with Crippen LogP contribution in [0.1, 0.15) is 5.56 Å². The molecule has 0 fully saturated rings. The minimum atomic E-state index is -0.296. The average molecular weight is 340 g/mol. The summed E-state index contributed by atoms with van der Waals surface area (Å²) in [6.07, 6.45) is 0.623. The highest BCUT2D eigenvalue weighted by Gasteiger charge is 2.22. The maximum absolute atomic E-state index is 13.1. The van der Waals surface area contributed by atoms with Gasteiger partial charge in [0.1, 0.15) is 23.5 Å². The first-order chi connectivity index (χ1) is 9.61. The summed E-state index contributed by atoms with van der Waals surface area (Å²) >= 11 is 3.14. The minimum Gasteiger partial charge on any atom is -0.488 e. The van der Waals surface area contributed by atoms with Crippen LogP contribution in [-0.4, -0.2) is 12.6 Å². The molecule has 0 aromatic heterocycles. The molecule has 1 atom stereocenters. The van der Waals surface area contributed by atoms with Crippen LogP contribution in [0.15, 0.2) is 40.9 Å². The molecule has 0 amide bonds. The van der Waals surface area contributed by atoms with Gasteiger partial charge >= 0.3 is 0 Å². The first-order valence-electron chi connectivity index (χ1n) is 6.26. The minimum absolute atomic E-state index is 0.0457. The molecule has 0 aliphatic carbocycles. The van der Waals surface area contributed by atoms with E-state index in [9.17, 15) is 8.78 Å². The van der Waals surface area contributed by atoms with Crippen molar-refractivity contribution < 1.29 is 13.5 Å². The van der Waals surface area contributed by atoms with Crippen LogP contribution in [0.5, 0.6) is 5.75 Å². The molecule has 1 aliphatic rings. The quantitative estimate of drug-likeness (QED) is 0.907. The van der Waals surface area contributed by atoms with Crippen molar-refractivity contribution in [1.82, 2.24) is 0 Å². The van der Waals surface area contributed by atoms with Gasteiger partial charge in [-0.15, -0.1) is 0 Å². The molecule has 1 N–H and O–H groups in total. The second-order valence-corrected chi connectivity index (χ2v) is 5.56. The monoisotopic (exact) mass is 339 g/mol. The van der Waals surface area contributed by atoms with Crippen molar-refractivity contribution >= 4 is 21.6 Å². The van der Waals surface area contributed by atoms with E-state index in [0.29, 0.717) is 17.4 Å². The predicted octanol–water partition coefficient (Wildman–Crippen LogP) is 4.14. The Labute approximate surface area is 123 Å². The van der Waals surface area contributed by atoms with Crippen LogP contribution in [0.3, 0.4) is 0 Å². The summed E-state index contributed by atoms with van der Waals surface area (Å²) in [5, 5.41) is 3.19. The number of fused-ring (bicyclic) bond motifs is 1. The summed E-state index contributed by atoms with van der Waals surface area (Å²) in [6, 6.07) is 9.29. The van der Waals surface area contributed by atoms with Crippen LogP contribution in [0, 0.1) is 11.6 Å². The van der Waals surface area contributed by atoms with Gasteiger partial charge in [0.25, 0.3) is 0 Å². The summed E-state index contributed by atoms with van der Waals surface area (Å²) < 4.78 is 32.4. The second kappa shape index (κ2) is 5.40. The Morgan fingerprint density at radius 3 is 2.85 bits per heavy atom. The summed E-state index contributed by atoms with van der Waals surface area (Å²) in [5.74, 6) is 0.192. The molecule has 0 radical (unpaired) electrons. The third-order valence-corrected chi connectivity index (χ3v) is 3.82. The van der Waals surface area contributed by atoms with E-state index in [4.69, 9.17) is 4.74 Å². The van der Waals surface area contributed by atoms with Crippen molar-refractivity contribution in [3.63, 3.8) is 0 Å². The van der Waals surface area contributed by atoms with Gasteiger partial charge in [0.15, 0.2) is 0 Å². The predicted molar refractivity (Wildman–Crippen MR) is 77.1 cm³/mol. The lowest BCUT2D eigenvalue weighted by Crippen LogP contribution is -2.23. The van der Waals surface area contributed by atoms with Crippen molar-refractivity contribution in [3.05, 3.63) is 58.1 Å². The number of nitrogens with one attached hydrogen (secondary N) is 1. The number of rotatable bonds is 3. The fraction of sp³-hybridized carbons (Fsp3) is 0.200. The molecule has 20 heavy (non-hydrogen) atoms. The Balaban J connectivity index is 1.62. The van der Waals surface area contributed by atoms with Gasteiger partial charge in [-0.2, -0.15) is 0 Å². The van der Waals surface area contributed by atoms with Crippen molar-refractivity contribution in [3.8, 4) is 5.75 Å². The molecule has 2 aromatic rings. The van der Waals surface area contributed by atoms with E-state index in [-0.39, 0.29) is 17.7 Å². The van der Waals surface area contributed by atoms with Gasteiger partial charge in [-0.05, 0) is 52.3 Å². The molecule has 1 heterocycles. The van der Waals surface area contributed by atoms with E-state index in [2.05, 4.69) is 21.2 Å². The maximum Gasteiger partial charge on any atom is 0.137 e. The molecule has 2 nitrogen and oxygen atoms in total. The number of hydrogen-bond acceptors (Lipinski definition) is 2. The molecule has 1 aliphatic heterocycles. The van der Waals surface area contributed by atoms with Crippen molar-refractivity contribution in [2.45, 2.75) is 12.5 Å². The highest BCUT2D eigenvalue weighted by atomic mass is 79.9. The van der Waals surface area contributed by atoms with E-state index >= 15 is 0 Å². The number of ether oxygens (including phenoxy) is 1. The van der Waals surface area contributed by atoms with Gasteiger partial charge in [-0.3, -0.25) is 0 Å². The molecular weight excluding hydrogens is 328 g/mol. The summed E-state index contributed by atoms with van der Waals surface area (Å²) in [7, 11) is 0. The third-order valence-electron chi connectivity index (χ3n) is 3.22. The fourth-order valence-electron chi connectivity index (χ4n) is 2.24. The SMILES string of the molecule is Fc1ccc2c(c1)CC(CNc1ccc(F)c(Br)c1)O2. The van der Waals surface area contributed by atoms with Gasteiger partial charge in [0.05, 0.1) is 11.0 Å². The molecule has 2 aromatic carbocycles. The van der Waals surface area contributed by atoms with Gasteiger partial charge in [0, 0.05) is 17.7 Å². The van der Waals surface area contributed by atoms with E-state index in [0.717, 1.165) is 17.0 Å². The molecule has 0 bridgehead atoms. The number of hydrogen-bond donors (Lipinski definition) is 1. The highest BCUT2D eigenvalue weighted by Crippen LogP contribution is 2.29. The van der Waals surface area contributed by atoms with Crippen LogP contribution in [0.2, 0.25) is 0 Å². The molecule has 3 rings (SSSR count). The van der Waals surface area contributed by atoms with Crippen LogP contribution < -0.4 is 10.1 Å². The van der Waals surface area contributed by atoms with Gasteiger partial charge in [-0.1, -0.05) is 0 Å². The summed E-state index contributed by atoms with van der Waals surface area (Å²) in [4.78, 5) is 0. The molecule has 0 saturated heterocycles. The van der Waals surface area contributed by atoms with E-state index < -0.39 is 0 Å². The lowest BCUT2D eigenvalue weighted by Gasteiger charge is -2.13. The van der Waals surface area contributed by atoms with Crippen LogP contribution in [0.25, 0.3) is 0 Å². The molecule has 104 valence electrons. The van der Waals surface area contributed by atoms with Gasteiger partial charge < -0.3 is 10.1 Å². The standard InChI is InChI=1S/C15H12BrF2NO/c16-13-7-11(2-3-14(13)18)19-8-12-6-9-5-10(17)1-4-15(9)20-12/h1-5,7,12,19H,6,8H2. The van der Waals surface area contributed by atoms with Gasteiger partial charge in [0.2, 0.25) is 0 Å². The summed E-state index contributed by atoms with van der Waals surface area (Å²) in [5.41, 5.74) is 1.70. The normalized spacial score (nSPS) is 16.6. The zero-order valence-electron chi connectivity index (χ0n) is 10.5. The molecule has 0 spiro atoms. The Morgan fingerprint density at radius 1 is 1.20 bits per heavy atom. The van der Waals surface area contributed by atoms with E-state index in [1.807, 2.05) is 0 Å². The van der Waals surface area contributed by atoms with E-state index in [1.165, 1.54) is 18.2 Å². The number of benzene rings is 2. The number of halogens is 3. The molecule has 5 heteroatoms. The van der Waals surface area contributed by atoms with Crippen LogP contribution in [-0.2, 0) is 6.42 Å². The zero-order valence-corrected chi connectivity index (χ0v) is 12.1. The Morgan fingerprint density at radius 2 is 2.05 bits per heavy atom. The molecule has 1 unspecified atom stereocenters. The smallest absolute Gasteiger partial charge is 0.137 e. The molecule has 0 saturated carbocycles. The Kier molecular flexibility index (Phi) is 3.61. The summed E-state index contributed by atoms with van der Waals surface area (Å²) in [6.45, 7) is 0.578. The third kappa shape index (κ3) is 2.77. The largest absolute Gasteiger partial charge is 0.488 e. The first kappa shape index (κ1) is 13.4. The van der Waals surface area contributed by atoms with Crippen molar-refractivity contribution in [1.29, 1.82) is 0 Å². The lowest BCUT2D eigenvalue weighted by atomic mass is 10.1. The highest BCUT2D eigenvalue weighted by molar-refractivity contribution is 9.10. The van der Waals surface area contributed by atoms with Crippen molar-refractivity contribution in [2.75, 3.05) is 11.9 Å². The first-order valence-corrected chi connectivity index (χ1v) is 7.05. The lowest BCUT2D eigenvalue weighted by molar-refractivity contribution is 0.246. The second-order valence-electron chi connectivity index (χ2n) is 4.71. The zero-order chi connectivity index (χ0) is 14.1. The molecular formula is C15H12BrF2NO. The average Bonchev–Trinajstić information content (AvgIpc) is 2.82. The maximum atomic E-state index is 13.1. The van der Waals surface area contributed by atoms with Crippen LogP contribution >= 0.6 is 15.9 Å². The Hall–Kier alpha value is -1.62.